The molecule has 0 radical (unpaired) electrons. The Kier molecular flexibility index (Phi) is 6.88. The van der Waals surface area contributed by atoms with Crippen LogP contribution in [0.4, 0.5) is 22.0 Å². The van der Waals surface area contributed by atoms with Crippen molar-refractivity contribution in [3.05, 3.63) is 103 Å². The van der Waals surface area contributed by atoms with E-state index in [4.69, 9.17) is 0 Å². The second-order valence-electron chi connectivity index (χ2n) is 8.58. The number of hydrogen-bond acceptors (Lipinski definition) is 4. The van der Waals surface area contributed by atoms with Gasteiger partial charge in [-0.3, -0.25) is 9.59 Å². The van der Waals surface area contributed by atoms with E-state index in [1.807, 2.05) is 13.8 Å². The number of nitrogens with one attached hydrogen (secondary N) is 1. The van der Waals surface area contributed by atoms with Gasteiger partial charge in [0.15, 0.2) is 0 Å². The Morgan fingerprint density at radius 3 is 2.43 bits per heavy atom. The average Bonchev–Trinajstić information content (AvgIpc) is 3.31. The number of pyridine rings is 2. The number of halogens is 5. The number of benzene rings is 1. The van der Waals surface area contributed by atoms with Gasteiger partial charge < -0.3 is 9.55 Å². The number of thiophene rings is 1. The summed E-state index contributed by atoms with van der Waals surface area (Å²) in [6.45, 7) is 3.16. The topological polar surface area (TPSA) is 78.7 Å². The molecule has 0 spiro atoms. The molecular weight excluding hydrogens is 513 g/mol. The van der Waals surface area contributed by atoms with Gasteiger partial charge in [-0.25, -0.2) is 8.78 Å². The predicted octanol–water partition coefficient (Wildman–Crippen LogP) is 6.27. The van der Waals surface area contributed by atoms with Crippen molar-refractivity contribution in [3.8, 4) is 27.8 Å². The van der Waals surface area contributed by atoms with Crippen LogP contribution in [0.3, 0.4) is 0 Å². The van der Waals surface area contributed by atoms with Crippen molar-refractivity contribution in [2.24, 2.45) is 0 Å². The molecule has 0 aliphatic heterocycles. The lowest BCUT2D eigenvalue weighted by Gasteiger charge is -2.17. The van der Waals surface area contributed by atoms with Crippen LogP contribution >= 0.6 is 11.3 Å². The highest BCUT2D eigenvalue weighted by molar-refractivity contribution is 7.14. The van der Waals surface area contributed by atoms with Crippen molar-refractivity contribution in [1.29, 1.82) is 5.26 Å². The normalized spacial score (nSPS) is 11.6. The molecule has 190 valence electrons. The lowest BCUT2D eigenvalue weighted by Crippen LogP contribution is -2.28. The molecule has 0 saturated carbocycles. The molecule has 0 saturated heterocycles. The fourth-order valence-corrected chi connectivity index (χ4v) is 4.82. The zero-order chi connectivity index (χ0) is 27.1. The maximum absolute atomic E-state index is 14.4. The Morgan fingerprint density at radius 1 is 1.08 bits per heavy atom. The van der Waals surface area contributed by atoms with Gasteiger partial charge in [0.25, 0.3) is 11.1 Å². The highest BCUT2D eigenvalue weighted by Gasteiger charge is 2.36. The number of H-pyrrole nitrogens is 1. The number of nitrogens with zero attached hydrogens (tertiary/aromatic N) is 2. The van der Waals surface area contributed by atoms with Gasteiger partial charge in [-0.2, -0.15) is 18.4 Å². The van der Waals surface area contributed by atoms with Crippen LogP contribution in [-0.2, 0) is 12.7 Å². The summed E-state index contributed by atoms with van der Waals surface area (Å²) < 4.78 is 70.0. The molecule has 3 aromatic heterocycles. The Morgan fingerprint density at radius 2 is 1.81 bits per heavy atom. The summed E-state index contributed by atoms with van der Waals surface area (Å²) in [4.78, 5) is 28.1. The maximum Gasteiger partial charge on any atom is 0.417 e. The summed E-state index contributed by atoms with van der Waals surface area (Å²) in [6, 6.07) is 7.86. The third-order valence-electron chi connectivity index (χ3n) is 5.80. The molecule has 1 aromatic carbocycles. The van der Waals surface area contributed by atoms with Crippen LogP contribution < -0.4 is 11.1 Å². The van der Waals surface area contributed by atoms with Crippen LogP contribution in [0, 0.1) is 23.0 Å². The second-order valence-corrected chi connectivity index (χ2v) is 9.49. The third-order valence-corrected chi connectivity index (χ3v) is 6.75. The molecule has 5 nitrogen and oxygen atoms in total. The van der Waals surface area contributed by atoms with Crippen LogP contribution in [0.5, 0.6) is 0 Å². The molecule has 0 amide bonds. The summed E-state index contributed by atoms with van der Waals surface area (Å²) in [6.07, 6.45) is -3.52. The van der Waals surface area contributed by atoms with Crippen LogP contribution in [0.15, 0.2) is 57.6 Å². The first-order valence-corrected chi connectivity index (χ1v) is 11.8. The van der Waals surface area contributed by atoms with Gasteiger partial charge in [-0.1, -0.05) is 19.9 Å². The number of hydrogen-bond donors (Lipinski definition) is 1. The van der Waals surface area contributed by atoms with E-state index in [9.17, 15) is 36.8 Å². The van der Waals surface area contributed by atoms with E-state index in [0.717, 1.165) is 28.0 Å². The van der Waals surface area contributed by atoms with Gasteiger partial charge >= 0.3 is 6.18 Å². The van der Waals surface area contributed by atoms with E-state index in [-0.39, 0.29) is 27.6 Å². The first-order valence-electron chi connectivity index (χ1n) is 10.9. The summed E-state index contributed by atoms with van der Waals surface area (Å²) in [5.74, 6) is -1.92. The highest BCUT2D eigenvalue weighted by Crippen LogP contribution is 2.37. The van der Waals surface area contributed by atoms with Crippen LogP contribution in [0.1, 0.15) is 42.0 Å². The summed E-state index contributed by atoms with van der Waals surface area (Å²) in [7, 11) is 0. The van der Waals surface area contributed by atoms with Crippen molar-refractivity contribution in [2.75, 3.05) is 0 Å². The molecule has 0 aliphatic carbocycles. The Balaban J connectivity index is 1.93. The van der Waals surface area contributed by atoms with E-state index in [2.05, 4.69) is 4.98 Å². The van der Waals surface area contributed by atoms with E-state index in [1.54, 1.807) is 17.5 Å². The third kappa shape index (κ3) is 5.11. The Hall–Kier alpha value is -4.04. The molecule has 0 aliphatic rings. The van der Waals surface area contributed by atoms with Gasteiger partial charge in [0.1, 0.15) is 23.3 Å². The minimum absolute atomic E-state index is 0.0783. The molecule has 11 heteroatoms. The minimum Gasteiger partial charge on any atom is -0.328 e. The van der Waals surface area contributed by atoms with Crippen molar-refractivity contribution >= 4 is 11.3 Å². The van der Waals surface area contributed by atoms with Gasteiger partial charge in [-0.15, -0.1) is 11.3 Å². The summed E-state index contributed by atoms with van der Waals surface area (Å²) in [5, 5.41) is 11.0. The molecule has 0 unspecified atom stereocenters. The fraction of sp³-hybridized carbons (Fsp3) is 0.192. The molecule has 0 atom stereocenters. The SMILES string of the molecule is CC(C)c1cc(-c2csc(-c3cc(C(F)(F)F)c(C#N)c(=O)n3Cc3ccc(F)cc3F)c2)c[nH]c1=O. The lowest BCUT2D eigenvalue weighted by atomic mass is 10.0. The second kappa shape index (κ2) is 9.78. The maximum atomic E-state index is 14.4. The number of rotatable bonds is 5. The molecule has 0 bridgehead atoms. The smallest absolute Gasteiger partial charge is 0.328 e. The standard InChI is InChI=1S/C26H18F5N3O2S/c1-13(2)18-5-15(10-33-24(18)35)16-6-23(37-12-16)22-8-20(26(29,30)31)19(9-32)25(36)34(22)11-14-3-4-17(27)7-21(14)28/h3-8,10,12-13H,11H2,1-2H3,(H,33,35). The zero-order valence-electron chi connectivity index (χ0n) is 19.4. The largest absolute Gasteiger partial charge is 0.417 e. The zero-order valence-corrected chi connectivity index (χ0v) is 20.2. The van der Waals surface area contributed by atoms with Crippen LogP contribution in [0.25, 0.3) is 21.7 Å². The summed E-state index contributed by atoms with van der Waals surface area (Å²) in [5.41, 5.74) is -2.69. The first kappa shape index (κ1) is 26.0. The number of alkyl halides is 3. The molecular formula is C26H18F5N3O2S. The average molecular weight is 532 g/mol. The molecule has 37 heavy (non-hydrogen) atoms. The van der Waals surface area contributed by atoms with Gasteiger partial charge in [0, 0.05) is 23.4 Å². The fourth-order valence-electron chi connectivity index (χ4n) is 3.88. The van der Waals surface area contributed by atoms with Crippen LogP contribution in [0.2, 0.25) is 0 Å². The minimum atomic E-state index is -5.00. The Labute approximate surface area is 211 Å². The quantitative estimate of drug-likeness (QED) is 0.308. The van der Waals surface area contributed by atoms with Crippen molar-refractivity contribution in [2.45, 2.75) is 32.5 Å². The monoisotopic (exact) mass is 531 g/mol. The number of aromatic amines is 1. The van der Waals surface area contributed by atoms with E-state index in [1.165, 1.54) is 12.3 Å². The molecule has 1 N–H and O–H groups in total. The molecule has 4 aromatic rings. The van der Waals surface area contributed by atoms with Crippen LogP contribution in [-0.4, -0.2) is 9.55 Å². The summed E-state index contributed by atoms with van der Waals surface area (Å²) >= 11 is 1.03. The van der Waals surface area contributed by atoms with Gasteiger partial charge in [0.2, 0.25) is 0 Å². The predicted molar refractivity (Wildman–Crippen MR) is 129 cm³/mol. The first-order chi connectivity index (χ1) is 17.4. The highest BCUT2D eigenvalue weighted by atomic mass is 32.1. The molecule has 0 fully saturated rings. The lowest BCUT2D eigenvalue weighted by molar-refractivity contribution is -0.137. The Bertz CT molecular complexity index is 1660. The van der Waals surface area contributed by atoms with E-state index < -0.39 is 41.0 Å². The van der Waals surface area contributed by atoms with E-state index in [0.29, 0.717) is 28.8 Å². The van der Waals surface area contributed by atoms with E-state index >= 15 is 0 Å². The molecule has 4 rings (SSSR count). The van der Waals surface area contributed by atoms with Crippen molar-refractivity contribution in [1.82, 2.24) is 9.55 Å². The molecule has 3 heterocycles. The van der Waals surface area contributed by atoms with Gasteiger partial charge in [0.05, 0.1) is 22.7 Å². The van der Waals surface area contributed by atoms with Crippen molar-refractivity contribution < 1.29 is 22.0 Å². The van der Waals surface area contributed by atoms with Gasteiger partial charge in [-0.05, 0) is 46.7 Å². The number of aromatic nitrogens is 2. The van der Waals surface area contributed by atoms with Crippen molar-refractivity contribution in [3.63, 3.8) is 0 Å². The number of nitriles is 1.